The molecule has 18 heavy (non-hydrogen) atoms. The minimum Gasteiger partial charge on any atom is -0.352 e. The van der Waals surface area contributed by atoms with Crippen molar-refractivity contribution in [2.24, 2.45) is 13.0 Å². The van der Waals surface area contributed by atoms with Gasteiger partial charge in [0.2, 0.25) is 0 Å². The van der Waals surface area contributed by atoms with E-state index in [0.717, 1.165) is 16.9 Å². The molecule has 2 rings (SSSR count). The molecule has 96 valence electrons. The van der Waals surface area contributed by atoms with Crippen LogP contribution in [0.25, 0.3) is 11.0 Å². The number of carbonyl (C=O) groups excluding carboxylic acids is 1. The highest BCUT2D eigenvalue weighted by atomic mass is 16.1. The molecule has 0 spiro atoms. The third-order valence-electron chi connectivity index (χ3n) is 3.04. The van der Waals surface area contributed by atoms with Gasteiger partial charge < -0.3 is 9.88 Å². The van der Waals surface area contributed by atoms with Gasteiger partial charge in [0.05, 0.1) is 11.0 Å². The van der Waals surface area contributed by atoms with Crippen molar-refractivity contribution in [3.05, 3.63) is 29.6 Å². The maximum atomic E-state index is 11.9. The van der Waals surface area contributed by atoms with E-state index in [1.807, 2.05) is 36.7 Å². The lowest BCUT2D eigenvalue weighted by atomic mass is 10.1. The summed E-state index contributed by atoms with van der Waals surface area (Å²) in [4.78, 5) is 16.4. The molecule has 0 saturated carbocycles. The van der Waals surface area contributed by atoms with Crippen LogP contribution in [0.1, 0.15) is 30.0 Å². The second kappa shape index (κ2) is 4.80. The summed E-state index contributed by atoms with van der Waals surface area (Å²) in [6.45, 7) is 6.80. The van der Waals surface area contributed by atoms with E-state index in [2.05, 4.69) is 24.1 Å². The van der Waals surface area contributed by atoms with Crippen LogP contribution in [-0.2, 0) is 7.05 Å². The molecule has 0 atom stereocenters. The van der Waals surface area contributed by atoms with Gasteiger partial charge in [-0.25, -0.2) is 4.98 Å². The number of aromatic nitrogens is 2. The first-order valence-corrected chi connectivity index (χ1v) is 6.20. The highest BCUT2D eigenvalue weighted by molar-refractivity contribution is 5.97. The number of benzene rings is 1. The Kier molecular flexibility index (Phi) is 3.36. The van der Waals surface area contributed by atoms with E-state index in [1.165, 1.54) is 0 Å². The summed E-state index contributed by atoms with van der Waals surface area (Å²) < 4.78 is 2.02. The highest BCUT2D eigenvalue weighted by Gasteiger charge is 2.09. The van der Waals surface area contributed by atoms with Crippen LogP contribution in [-0.4, -0.2) is 22.0 Å². The fourth-order valence-electron chi connectivity index (χ4n) is 1.86. The Labute approximate surface area is 107 Å². The second-order valence-corrected chi connectivity index (χ2v) is 5.03. The Morgan fingerprint density at radius 2 is 2.17 bits per heavy atom. The summed E-state index contributed by atoms with van der Waals surface area (Å²) in [5, 5.41) is 2.91. The van der Waals surface area contributed by atoms with Gasteiger partial charge in [-0.3, -0.25) is 4.79 Å². The van der Waals surface area contributed by atoms with Gasteiger partial charge in [0.1, 0.15) is 5.82 Å². The van der Waals surface area contributed by atoms with Crippen molar-refractivity contribution in [3.63, 3.8) is 0 Å². The molecule has 0 aliphatic carbocycles. The van der Waals surface area contributed by atoms with Crippen molar-refractivity contribution in [3.8, 4) is 0 Å². The Hall–Kier alpha value is -1.84. The van der Waals surface area contributed by atoms with Crippen LogP contribution in [0, 0.1) is 12.8 Å². The highest BCUT2D eigenvalue weighted by Crippen LogP contribution is 2.16. The lowest BCUT2D eigenvalue weighted by molar-refractivity contribution is 0.0949. The van der Waals surface area contributed by atoms with Gasteiger partial charge in [0.15, 0.2) is 0 Å². The average Bonchev–Trinajstić information content (AvgIpc) is 2.61. The first-order valence-electron chi connectivity index (χ1n) is 6.20. The summed E-state index contributed by atoms with van der Waals surface area (Å²) in [6, 6.07) is 5.64. The molecule has 0 bridgehead atoms. The average molecular weight is 245 g/mol. The minimum atomic E-state index is -0.0334. The molecule has 4 nitrogen and oxygen atoms in total. The maximum Gasteiger partial charge on any atom is 0.251 e. The van der Waals surface area contributed by atoms with Crippen LogP contribution < -0.4 is 5.32 Å². The van der Waals surface area contributed by atoms with E-state index in [0.29, 0.717) is 18.0 Å². The monoisotopic (exact) mass is 245 g/mol. The zero-order chi connectivity index (χ0) is 13.3. The molecular weight excluding hydrogens is 226 g/mol. The number of hydrogen-bond acceptors (Lipinski definition) is 2. The standard InChI is InChI=1S/C14H19N3O/c1-9(2)8-15-14(18)11-5-6-13-12(7-11)16-10(3)17(13)4/h5-7,9H,8H2,1-4H3,(H,15,18). The third kappa shape index (κ3) is 2.37. The van der Waals surface area contributed by atoms with Gasteiger partial charge in [-0.1, -0.05) is 13.8 Å². The molecule has 1 aromatic heterocycles. The molecular formula is C14H19N3O. The predicted molar refractivity (Wildman–Crippen MR) is 72.6 cm³/mol. The van der Waals surface area contributed by atoms with E-state index < -0.39 is 0 Å². The number of aryl methyl sites for hydroxylation is 2. The van der Waals surface area contributed by atoms with Crippen molar-refractivity contribution >= 4 is 16.9 Å². The largest absolute Gasteiger partial charge is 0.352 e. The molecule has 0 fully saturated rings. The smallest absolute Gasteiger partial charge is 0.251 e. The molecule has 4 heteroatoms. The van der Waals surface area contributed by atoms with E-state index in [4.69, 9.17) is 0 Å². The van der Waals surface area contributed by atoms with Crippen LogP contribution in [0.4, 0.5) is 0 Å². The number of hydrogen-bond donors (Lipinski definition) is 1. The molecule has 0 aliphatic rings. The number of amides is 1. The van der Waals surface area contributed by atoms with Gasteiger partial charge in [-0.15, -0.1) is 0 Å². The van der Waals surface area contributed by atoms with E-state index >= 15 is 0 Å². The Morgan fingerprint density at radius 1 is 1.44 bits per heavy atom. The molecule has 1 aromatic carbocycles. The zero-order valence-corrected chi connectivity index (χ0v) is 11.3. The van der Waals surface area contributed by atoms with Crippen LogP contribution >= 0.6 is 0 Å². The fourth-order valence-corrected chi connectivity index (χ4v) is 1.86. The fraction of sp³-hybridized carbons (Fsp3) is 0.429. The molecule has 0 saturated heterocycles. The van der Waals surface area contributed by atoms with Crippen molar-refractivity contribution in [1.82, 2.24) is 14.9 Å². The van der Waals surface area contributed by atoms with E-state index in [9.17, 15) is 4.79 Å². The van der Waals surface area contributed by atoms with Crippen molar-refractivity contribution in [2.75, 3.05) is 6.54 Å². The summed E-state index contributed by atoms with van der Waals surface area (Å²) in [5.41, 5.74) is 2.58. The van der Waals surface area contributed by atoms with Crippen LogP contribution in [0.3, 0.4) is 0 Å². The van der Waals surface area contributed by atoms with Gasteiger partial charge >= 0.3 is 0 Å². The molecule has 2 aromatic rings. The normalized spacial score (nSPS) is 11.2. The molecule has 0 unspecified atom stereocenters. The van der Waals surface area contributed by atoms with E-state index in [-0.39, 0.29) is 5.91 Å². The molecule has 1 amide bonds. The zero-order valence-electron chi connectivity index (χ0n) is 11.3. The summed E-state index contributed by atoms with van der Waals surface area (Å²) in [5.74, 6) is 1.37. The topological polar surface area (TPSA) is 46.9 Å². The number of rotatable bonds is 3. The first-order chi connectivity index (χ1) is 8.49. The number of carbonyl (C=O) groups is 1. The summed E-state index contributed by atoms with van der Waals surface area (Å²) in [7, 11) is 1.98. The maximum absolute atomic E-state index is 11.9. The van der Waals surface area contributed by atoms with Gasteiger partial charge in [0.25, 0.3) is 5.91 Å². The van der Waals surface area contributed by atoms with Crippen LogP contribution in [0.2, 0.25) is 0 Å². The summed E-state index contributed by atoms with van der Waals surface area (Å²) in [6.07, 6.45) is 0. The van der Waals surface area contributed by atoms with Crippen LogP contribution in [0.5, 0.6) is 0 Å². The second-order valence-electron chi connectivity index (χ2n) is 5.03. The Bertz CT molecular complexity index is 584. The lowest BCUT2D eigenvalue weighted by Crippen LogP contribution is -2.27. The number of nitrogens with one attached hydrogen (secondary N) is 1. The van der Waals surface area contributed by atoms with Gasteiger partial charge in [-0.2, -0.15) is 0 Å². The molecule has 0 aliphatic heterocycles. The molecule has 0 radical (unpaired) electrons. The lowest BCUT2D eigenvalue weighted by Gasteiger charge is -2.07. The van der Waals surface area contributed by atoms with Crippen molar-refractivity contribution in [2.45, 2.75) is 20.8 Å². The van der Waals surface area contributed by atoms with Crippen molar-refractivity contribution in [1.29, 1.82) is 0 Å². The van der Waals surface area contributed by atoms with Gasteiger partial charge in [-0.05, 0) is 31.0 Å². The number of imidazole rings is 1. The predicted octanol–water partition coefficient (Wildman–Crippen LogP) is 2.27. The number of nitrogens with zero attached hydrogens (tertiary/aromatic N) is 2. The van der Waals surface area contributed by atoms with Crippen LogP contribution in [0.15, 0.2) is 18.2 Å². The third-order valence-corrected chi connectivity index (χ3v) is 3.04. The quantitative estimate of drug-likeness (QED) is 0.901. The first kappa shape index (κ1) is 12.6. The van der Waals surface area contributed by atoms with Crippen molar-refractivity contribution < 1.29 is 4.79 Å². The molecule has 1 heterocycles. The number of fused-ring (bicyclic) bond motifs is 1. The summed E-state index contributed by atoms with van der Waals surface area (Å²) >= 11 is 0. The van der Waals surface area contributed by atoms with Gasteiger partial charge in [0, 0.05) is 19.2 Å². The SMILES string of the molecule is Cc1nc2cc(C(=O)NCC(C)C)ccc2n1C. The molecule has 1 N–H and O–H groups in total. The van der Waals surface area contributed by atoms with E-state index in [1.54, 1.807) is 0 Å². The Morgan fingerprint density at radius 3 is 2.83 bits per heavy atom. The minimum absolute atomic E-state index is 0.0334. The Balaban J connectivity index is 2.27.